The predicted octanol–water partition coefficient (Wildman–Crippen LogP) is 3.32. The number of para-hydroxylation sites is 1. The second-order valence-electron chi connectivity index (χ2n) is 11.7. The molecule has 202 valence electrons. The van der Waals surface area contributed by atoms with Crippen molar-refractivity contribution in [3.63, 3.8) is 0 Å². The Morgan fingerprint density at radius 1 is 1.30 bits per heavy atom. The number of ether oxygens (including phenoxy) is 1. The van der Waals surface area contributed by atoms with Crippen LogP contribution in [0.3, 0.4) is 0 Å². The van der Waals surface area contributed by atoms with Crippen LogP contribution in [0.25, 0.3) is 0 Å². The first-order valence-electron chi connectivity index (χ1n) is 13.2. The zero-order chi connectivity index (χ0) is 27.4. The Kier molecular flexibility index (Phi) is 7.05. The lowest BCUT2D eigenvalue weighted by Crippen LogP contribution is -2.59. The summed E-state index contributed by atoms with van der Waals surface area (Å²) in [6.07, 6.45) is 2.52. The summed E-state index contributed by atoms with van der Waals surface area (Å²) in [5.74, 6) is -3.94. The van der Waals surface area contributed by atoms with E-state index in [0.717, 1.165) is 16.8 Å². The number of carboxylic acid groups (broad SMARTS) is 1. The number of hydrogen-bond acceptors (Lipinski definition) is 5. The molecule has 0 aliphatic carbocycles. The molecule has 1 spiro atoms. The molecule has 8 nitrogen and oxygen atoms in total. The zero-order valence-corrected chi connectivity index (χ0v) is 22.7. The van der Waals surface area contributed by atoms with Gasteiger partial charge in [0.25, 0.3) is 5.91 Å². The monoisotopic (exact) mass is 512 g/mol. The molecule has 1 aromatic carbocycles. The summed E-state index contributed by atoms with van der Waals surface area (Å²) in [4.78, 5) is 44.5. The van der Waals surface area contributed by atoms with Crippen molar-refractivity contribution in [2.75, 3.05) is 18.1 Å². The second kappa shape index (κ2) is 9.55. The van der Waals surface area contributed by atoms with Crippen LogP contribution in [0.2, 0.25) is 0 Å². The molecule has 3 aliphatic rings. The molecule has 0 aromatic heterocycles. The van der Waals surface area contributed by atoms with Gasteiger partial charge in [-0.2, -0.15) is 0 Å². The van der Waals surface area contributed by atoms with Gasteiger partial charge in [0.2, 0.25) is 5.91 Å². The first-order chi connectivity index (χ1) is 17.4. The Morgan fingerprint density at radius 3 is 2.43 bits per heavy atom. The maximum Gasteiger partial charge on any atom is 0.310 e. The molecule has 7 atom stereocenters. The number of carbonyl (C=O) groups is 3. The van der Waals surface area contributed by atoms with Crippen LogP contribution in [0.5, 0.6) is 0 Å². The van der Waals surface area contributed by atoms with Gasteiger partial charge in [-0.05, 0) is 56.6 Å². The molecule has 3 fully saturated rings. The number of rotatable bonds is 9. The maximum atomic E-state index is 14.7. The molecular formula is C29H40N2O6. The molecule has 3 saturated heterocycles. The van der Waals surface area contributed by atoms with E-state index in [2.05, 4.69) is 6.58 Å². The predicted molar refractivity (Wildman–Crippen MR) is 140 cm³/mol. The summed E-state index contributed by atoms with van der Waals surface area (Å²) in [5.41, 5.74) is 0.199. The Morgan fingerprint density at radius 2 is 1.92 bits per heavy atom. The van der Waals surface area contributed by atoms with Gasteiger partial charge in [-0.1, -0.05) is 45.0 Å². The smallest absolute Gasteiger partial charge is 0.310 e. The highest BCUT2D eigenvalue weighted by atomic mass is 16.5. The number of carbonyl (C=O) groups excluding carboxylic acids is 2. The van der Waals surface area contributed by atoms with Crippen LogP contribution >= 0.6 is 0 Å². The lowest BCUT2D eigenvalue weighted by atomic mass is 9.62. The molecule has 8 heteroatoms. The van der Waals surface area contributed by atoms with Crippen molar-refractivity contribution in [2.45, 2.75) is 77.7 Å². The number of benzene rings is 1. The fraction of sp³-hybridized carbons (Fsp3) is 0.621. The van der Waals surface area contributed by atoms with Gasteiger partial charge in [-0.15, -0.1) is 6.58 Å². The highest BCUT2D eigenvalue weighted by Gasteiger charge is 2.80. The summed E-state index contributed by atoms with van der Waals surface area (Å²) in [7, 11) is 0. The number of aliphatic carboxylic acids is 1. The van der Waals surface area contributed by atoms with Crippen molar-refractivity contribution in [1.82, 2.24) is 4.90 Å². The largest absolute Gasteiger partial charge is 0.481 e. The van der Waals surface area contributed by atoms with Gasteiger partial charge in [0.05, 0.1) is 24.2 Å². The topological polar surface area (TPSA) is 107 Å². The maximum absolute atomic E-state index is 14.7. The van der Waals surface area contributed by atoms with Crippen LogP contribution in [0, 0.1) is 37.5 Å². The van der Waals surface area contributed by atoms with E-state index in [1.165, 1.54) is 4.90 Å². The number of carboxylic acids is 1. The summed E-state index contributed by atoms with van der Waals surface area (Å²) in [5, 5.41) is 20.7. The van der Waals surface area contributed by atoms with Crippen LogP contribution in [0.4, 0.5) is 5.69 Å². The Hall–Kier alpha value is -2.71. The number of likely N-dealkylation sites (tertiary alicyclic amines) is 1. The molecule has 3 unspecified atom stereocenters. The Bertz CT molecular complexity index is 1100. The SMILES string of the molecule is C=CCN(C(=O)C1N([C@@H](CO)CC(C)C)C(=O)[C@@H]2[C@@H](C(=O)O)[C@]3(C)OC12CC3C)c1c(C)cccc1C. The minimum atomic E-state index is -1.29. The van der Waals surface area contributed by atoms with Crippen LogP contribution in [0.1, 0.15) is 51.7 Å². The number of nitrogens with zero attached hydrogens (tertiary/aromatic N) is 2. The first-order valence-corrected chi connectivity index (χ1v) is 13.2. The number of amides is 2. The highest BCUT2D eigenvalue weighted by Crippen LogP contribution is 2.65. The second-order valence-corrected chi connectivity index (χ2v) is 11.7. The fourth-order valence-corrected chi connectivity index (χ4v) is 7.35. The first kappa shape index (κ1) is 27.3. The van der Waals surface area contributed by atoms with Gasteiger partial charge >= 0.3 is 5.97 Å². The summed E-state index contributed by atoms with van der Waals surface area (Å²) >= 11 is 0. The zero-order valence-electron chi connectivity index (χ0n) is 22.7. The van der Waals surface area contributed by atoms with Crippen LogP contribution < -0.4 is 4.90 Å². The van der Waals surface area contributed by atoms with Crippen molar-refractivity contribution < 1.29 is 29.3 Å². The van der Waals surface area contributed by atoms with E-state index >= 15 is 0 Å². The van der Waals surface area contributed by atoms with E-state index in [0.29, 0.717) is 12.8 Å². The van der Waals surface area contributed by atoms with Gasteiger partial charge < -0.3 is 24.7 Å². The minimum Gasteiger partial charge on any atom is -0.481 e. The third-order valence-corrected chi connectivity index (χ3v) is 8.89. The third-order valence-electron chi connectivity index (χ3n) is 8.89. The number of anilines is 1. The molecule has 3 heterocycles. The summed E-state index contributed by atoms with van der Waals surface area (Å²) < 4.78 is 6.62. The van der Waals surface area contributed by atoms with Crippen LogP contribution in [0.15, 0.2) is 30.9 Å². The summed E-state index contributed by atoms with van der Waals surface area (Å²) in [6.45, 7) is 15.3. The molecule has 2 N–H and O–H groups in total. The lowest BCUT2D eigenvalue weighted by Gasteiger charge is -2.40. The van der Waals surface area contributed by atoms with Gasteiger partial charge in [-0.25, -0.2) is 0 Å². The standard InChI is InChI=1S/C29H40N2O6/c1-8-12-30(23-17(4)10-9-11-18(23)5)26(34)24-29-14-19(6)28(7,37-29)22(27(35)36)21(29)25(33)31(24)20(15-32)13-16(2)3/h8-11,16,19-22,24,32H,1,12-15H2,2-7H3,(H,35,36)/t19?,20-,21+,22+,24?,28-,29?/m1/s1. The minimum absolute atomic E-state index is 0.144. The highest BCUT2D eigenvalue weighted by molar-refractivity contribution is 6.05. The quantitative estimate of drug-likeness (QED) is 0.492. The van der Waals surface area contributed by atoms with E-state index in [-0.39, 0.29) is 30.9 Å². The molecule has 0 radical (unpaired) electrons. The van der Waals surface area contributed by atoms with Crippen LogP contribution in [-0.2, 0) is 19.1 Å². The molecule has 2 bridgehead atoms. The fourth-order valence-electron chi connectivity index (χ4n) is 7.35. The van der Waals surface area contributed by atoms with Gasteiger partial charge in [-0.3, -0.25) is 14.4 Å². The molecule has 4 rings (SSSR count). The number of hydrogen-bond donors (Lipinski definition) is 2. The molecule has 1 aromatic rings. The molecule has 3 aliphatic heterocycles. The number of aryl methyl sites for hydroxylation is 2. The number of aliphatic hydroxyl groups excluding tert-OH is 1. The molecule has 0 saturated carbocycles. The van der Waals surface area contributed by atoms with Crippen molar-refractivity contribution in [2.24, 2.45) is 23.7 Å². The molecular weight excluding hydrogens is 472 g/mol. The third kappa shape index (κ3) is 3.91. The Balaban J connectivity index is 1.92. The van der Waals surface area contributed by atoms with Crippen molar-refractivity contribution >= 4 is 23.5 Å². The van der Waals surface area contributed by atoms with Gasteiger partial charge in [0, 0.05) is 12.2 Å². The van der Waals surface area contributed by atoms with Crippen molar-refractivity contribution in [3.8, 4) is 0 Å². The number of aliphatic hydroxyl groups is 1. The van der Waals surface area contributed by atoms with E-state index in [1.54, 1.807) is 17.9 Å². The van der Waals surface area contributed by atoms with Gasteiger partial charge in [0.15, 0.2) is 0 Å². The molecule has 2 amide bonds. The van der Waals surface area contributed by atoms with E-state index in [1.807, 2.05) is 52.8 Å². The lowest BCUT2D eigenvalue weighted by molar-refractivity contribution is -0.157. The van der Waals surface area contributed by atoms with E-state index in [4.69, 9.17) is 4.74 Å². The average molecular weight is 513 g/mol. The Labute approximate surface area is 219 Å². The van der Waals surface area contributed by atoms with E-state index < -0.39 is 47.0 Å². The average Bonchev–Trinajstić information content (AvgIpc) is 3.33. The van der Waals surface area contributed by atoms with Crippen molar-refractivity contribution in [3.05, 3.63) is 42.0 Å². The molecule has 37 heavy (non-hydrogen) atoms. The number of fused-ring (bicyclic) bond motifs is 1. The summed E-state index contributed by atoms with van der Waals surface area (Å²) in [6, 6.07) is 4.09. The normalized spacial score (nSPS) is 33.1. The van der Waals surface area contributed by atoms with Crippen molar-refractivity contribution in [1.29, 1.82) is 0 Å². The van der Waals surface area contributed by atoms with Gasteiger partial charge in [0.1, 0.15) is 17.6 Å². The van der Waals surface area contributed by atoms with E-state index in [9.17, 15) is 24.6 Å². The van der Waals surface area contributed by atoms with Crippen LogP contribution in [-0.4, -0.2) is 69.3 Å².